The van der Waals surface area contributed by atoms with Crippen LogP contribution in [0.3, 0.4) is 0 Å². The normalized spacial score (nSPS) is 13.2. The molecular weight excluding hydrogens is 579 g/mol. The van der Waals surface area contributed by atoms with Gasteiger partial charge in [-0.25, -0.2) is 8.42 Å². The van der Waals surface area contributed by atoms with Gasteiger partial charge >= 0.3 is 6.18 Å². The van der Waals surface area contributed by atoms with Crippen LogP contribution in [-0.2, 0) is 38.8 Å². The molecule has 0 aliphatic carbocycles. The first kappa shape index (κ1) is 33.6. The van der Waals surface area contributed by atoms with Gasteiger partial charge in [0.05, 0.1) is 17.5 Å². The molecule has 2 atom stereocenters. The van der Waals surface area contributed by atoms with E-state index >= 15 is 0 Å². The van der Waals surface area contributed by atoms with E-state index in [2.05, 4.69) is 5.32 Å². The van der Waals surface area contributed by atoms with Gasteiger partial charge in [-0.15, -0.1) is 0 Å². The van der Waals surface area contributed by atoms with Gasteiger partial charge in [-0.05, 0) is 49.1 Å². The summed E-state index contributed by atoms with van der Waals surface area (Å²) >= 11 is 0. The zero-order valence-corrected chi connectivity index (χ0v) is 25.4. The second-order valence-electron chi connectivity index (χ2n) is 10.5. The lowest BCUT2D eigenvalue weighted by Gasteiger charge is -2.32. The summed E-state index contributed by atoms with van der Waals surface area (Å²) < 4.78 is 65.9. The van der Waals surface area contributed by atoms with Crippen molar-refractivity contribution >= 4 is 27.5 Å². The highest BCUT2D eigenvalue weighted by molar-refractivity contribution is 7.92. The van der Waals surface area contributed by atoms with Crippen LogP contribution >= 0.6 is 0 Å². The second kappa shape index (κ2) is 15.0. The predicted octanol–water partition coefficient (Wildman–Crippen LogP) is 5.81. The molecule has 0 fully saturated rings. The third-order valence-corrected chi connectivity index (χ3v) is 8.28. The molecule has 0 aromatic heterocycles. The van der Waals surface area contributed by atoms with Crippen molar-refractivity contribution < 1.29 is 31.2 Å². The minimum absolute atomic E-state index is 0.0263. The molecule has 0 saturated carbocycles. The molecule has 0 aliphatic heterocycles. The molecule has 0 saturated heterocycles. The number of rotatable bonds is 14. The van der Waals surface area contributed by atoms with E-state index in [0.29, 0.717) is 6.42 Å². The molecule has 0 aliphatic rings. The Hall–Kier alpha value is -3.86. The fraction of sp³-hybridized carbons (Fsp3) is 0.375. The van der Waals surface area contributed by atoms with Crippen LogP contribution in [0.15, 0.2) is 84.9 Å². The maximum absolute atomic E-state index is 13.8. The maximum Gasteiger partial charge on any atom is 0.416 e. The van der Waals surface area contributed by atoms with Gasteiger partial charge in [0.1, 0.15) is 6.04 Å². The van der Waals surface area contributed by atoms with Crippen molar-refractivity contribution in [3.8, 4) is 0 Å². The van der Waals surface area contributed by atoms with Crippen molar-refractivity contribution in [3.63, 3.8) is 0 Å². The first-order chi connectivity index (χ1) is 20.3. The lowest BCUT2D eigenvalue weighted by Crippen LogP contribution is -2.52. The average Bonchev–Trinajstić information content (AvgIpc) is 2.97. The lowest BCUT2D eigenvalue weighted by atomic mass is 10.0. The number of nitrogens with zero attached hydrogens (tertiary/aromatic N) is 2. The quantitative estimate of drug-likeness (QED) is 0.248. The molecule has 3 rings (SSSR count). The van der Waals surface area contributed by atoms with Crippen molar-refractivity contribution in [2.75, 3.05) is 17.1 Å². The molecule has 2 amide bonds. The van der Waals surface area contributed by atoms with Gasteiger partial charge < -0.3 is 10.2 Å². The van der Waals surface area contributed by atoms with Crippen molar-refractivity contribution in [3.05, 3.63) is 102 Å². The van der Waals surface area contributed by atoms with E-state index in [1.807, 2.05) is 74.5 Å². The number of carbonyl (C=O) groups is 2. The fourth-order valence-electron chi connectivity index (χ4n) is 4.62. The summed E-state index contributed by atoms with van der Waals surface area (Å²) in [6.07, 6.45) is -2.87. The number of anilines is 1. The van der Waals surface area contributed by atoms with Crippen LogP contribution in [-0.4, -0.2) is 50.0 Å². The van der Waals surface area contributed by atoms with Crippen LogP contribution < -0.4 is 9.62 Å². The summed E-state index contributed by atoms with van der Waals surface area (Å²) in [5, 5.41) is 2.99. The minimum atomic E-state index is -4.64. The number of alkyl halides is 3. The summed E-state index contributed by atoms with van der Waals surface area (Å²) in [4.78, 5) is 28.9. The molecule has 3 aromatic rings. The Labute approximate surface area is 251 Å². The number of nitrogens with one attached hydrogen (secondary N) is 1. The maximum atomic E-state index is 13.8. The number of carbonyl (C=O) groups excluding carboxylic acids is 2. The number of hydrogen-bond donors (Lipinski definition) is 1. The van der Waals surface area contributed by atoms with E-state index in [9.17, 15) is 31.2 Å². The van der Waals surface area contributed by atoms with Gasteiger partial charge in [0.15, 0.2) is 0 Å². The molecule has 43 heavy (non-hydrogen) atoms. The average molecular weight is 618 g/mol. The molecule has 0 bridgehead atoms. The van der Waals surface area contributed by atoms with Crippen molar-refractivity contribution in [2.45, 2.75) is 64.3 Å². The van der Waals surface area contributed by atoms with E-state index in [1.54, 1.807) is 0 Å². The van der Waals surface area contributed by atoms with E-state index in [4.69, 9.17) is 0 Å². The van der Waals surface area contributed by atoms with Crippen molar-refractivity contribution in [2.24, 2.45) is 0 Å². The van der Waals surface area contributed by atoms with Gasteiger partial charge in [0.2, 0.25) is 21.8 Å². The largest absolute Gasteiger partial charge is 0.416 e. The summed E-state index contributed by atoms with van der Waals surface area (Å²) in [5.74, 6) is -0.675. The zero-order chi connectivity index (χ0) is 31.6. The highest BCUT2D eigenvalue weighted by Gasteiger charge is 2.33. The van der Waals surface area contributed by atoms with Crippen LogP contribution in [0.4, 0.5) is 18.9 Å². The van der Waals surface area contributed by atoms with Gasteiger partial charge in [0, 0.05) is 32.0 Å². The van der Waals surface area contributed by atoms with E-state index in [0.717, 1.165) is 39.9 Å². The number of sulfonamides is 1. The summed E-state index contributed by atoms with van der Waals surface area (Å²) in [7, 11) is -3.96. The van der Waals surface area contributed by atoms with Gasteiger partial charge in [-0.1, -0.05) is 73.7 Å². The lowest BCUT2D eigenvalue weighted by molar-refractivity contribution is -0.141. The molecule has 0 spiro atoms. The molecule has 11 heteroatoms. The topological polar surface area (TPSA) is 86.8 Å². The summed E-state index contributed by atoms with van der Waals surface area (Å²) in [6.45, 7) is 3.76. The Balaban J connectivity index is 1.88. The van der Waals surface area contributed by atoms with Crippen molar-refractivity contribution in [1.29, 1.82) is 0 Å². The second-order valence-corrected chi connectivity index (χ2v) is 12.4. The smallest absolute Gasteiger partial charge is 0.352 e. The van der Waals surface area contributed by atoms with Crippen LogP contribution in [0.2, 0.25) is 0 Å². The predicted molar refractivity (Wildman–Crippen MR) is 162 cm³/mol. The molecule has 1 N–H and O–H groups in total. The number of hydrogen-bond acceptors (Lipinski definition) is 4. The Morgan fingerprint density at radius 2 is 1.51 bits per heavy atom. The first-order valence-electron chi connectivity index (χ1n) is 14.1. The summed E-state index contributed by atoms with van der Waals surface area (Å²) in [5.41, 5.74) is 0.568. The van der Waals surface area contributed by atoms with Crippen molar-refractivity contribution in [1.82, 2.24) is 10.2 Å². The third-order valence-electron chi connectivity index (χ3n) is 7.08. The Morgan fingerprint density at radius 1 is 0.907 bits per heavy atom. The van der Waals surface area contributed by atoms with E-state index in [-0.39, 0.29) is 55.9 Å². The fourth-order valence-corrected chi connectivity index (χ4v) is 5.57. The van der Waals surface area contributed by atoms with Crippen LogP contribution in [0.25, 0.3) is 0 Å². The molecule has 232 valence electrons. The van der Waals surface area contributed by atoms with Crippen LogP contribution in [0.5, 0.6) is 0 Å². The molecule has 3 aromatic carbocycles. The first-order valence-corrected chi connectivity index (χ1v) is 16.0. The molecule has 7 nitrogen and oxygen atoms in total. The highest BCUT2D eigenvalue weighted by Crippen LogP contribution is 2.32. The number of benzene rings is 3. The highest BCUT2D eigenvalue weighted by atomic mass is 32.2. The SMILES string of the molecule is CC[C@@H](C)NC(=O)[C@H](Cc1ccccc1)N(Cc1ccccc1)C(=O)CCCN(c1cccc(C(F)(F)F)c1)S(C)(=O)=O. The molecule has 0 radical (unpaired) electrons. The standard InChI is InChI=1S/C32H38F3N3O4S/c1-4-24(2)36-31(40)29(21-25-13-7-5-8-14-25)37(23-26-15-9-6-10-16-26)30(39)19-12-20-38(43(3,41)42)28-18-11-17-27(22-28)32(33,34)35/h5-11,13-18,22,24,29H,4,12,19-21,23H2,1-3H3,(H,36,40)/t24-,29+/m1/s1. The van der Waals surface area contributed by atoms with Crippen LogP contribution in [0, 0.1) is 0 Å². The van der Waals surface area contributed by atoms with Gasteiger partial charge in [0.25, 0.3) is 0 Å². The monoisotopic (exact) mass is 617 g/mol. The minimum Gasteiger partial charge on any atom is -0.352 e. The summed E-state index contributed by atoms with van der Waals surface area (Å²) in [6, 6.07) is 21.7. The zero-order valence-electron chi connectivity index (χ0n) is 24.5. The van der Waals surface area contributed by atoms with E-state index in [1.165, 1.54) is 11.0 Å². The van der Waals surface area contributed by atoms with E-state index < -0.39 is 27.8 Å². The molecule has 0 unspecified atom stereocenters. The Kier molecular flexibility index (Phi) is 11.8. The van der Waals surface area contributed by atoms with Gasteiger partial charge in [-0.2, -0.15) is 13.2 Å². The number of amides is 2. The molecule has 0 heterocycles. The molecular formula is C32H38F3N3O4S. The van der Waals surface area contributed by atoms with Gasteiger partial charge in [-0.3, -0.25) is 13.9 Å². The Morgan fingerprint density at radius 3 is 2.07 bits per heavy atom. The number of halogens is 3. The third kappa shape index (κ3) is 10.1. The van der Waals surface area contributed by atoms with Crippen LogP contribution in [0.1, 0.15) is 49.8 Å². The Bertz CT molecular complexity index is 1450.